The molecule has 1 aliphatic rings. The number of halogens is 6. The summed E-state index contributed by atoms with van der Waals surface area (Å²) < 4.78 is 113. The number of aryl methyl sites for hydroxylation is 4. The van der Waals surface area contributed by atoms with Gasteiger partial charge in [0.1, 0.15) is 17.6 Å². The topological polar surface area (TPSA) is 207 Å². The van der Waals surface area contributed by atoms with E-state index in [-0.39, 0.29) is 21.9 Å². The fraction of sp³-hybridized carbons (Fsp3) is 0.509. The Labute approximate surface area is 462 Å². The van der Waals surface area contributed by atoms with Crippen molar-refractivity contribution in [3.8, 4) is 17.6 Å². The fourth-order valence-corrected chi connectivity index (χ4v) is 9.41. The zero-order chi connectivity index (χ0) is 58.1. The second kappa shape index (κ2) is 29.2. The van der Waals surface area contributed by atoms with Crippen LogP contribution in [0, 0.1) is 11.3 Å². The van der Waals surface area contributed by atoms with Crippen molar-refractivity contribution in [1.29, 1.82) is 5.26 Å². The molecule has 1 fully saturated rings. The number of rotatable bonds is 18. The normalized spacial score (nSPS) is 13.4. The SMILES string of the molecule is C1CCOC1.CCCc1cc2c(C(F)(F)F)noc2c(CCC)c1OC(C#N)c1ccc(C(C)C)cc1.CCCc1cc2c(C(F)(F)F)noc2c(CCC)c1OC(c1ccc(C(C)C)cc1)c1nn[nH]n1.[CH3][Sn]([CH3])([CH3])[N]=[N+]=[N-]. The molecule has 0 amide bonds. The molecule has 22 heteroatoms. The predicted octanol–water partition coefficient (Wildman–Crippen LogP) is 17.0. The van der Waals surface area contributed by atoms with Gasteiger partial charge in [-0.15, -0.1) is 10.2 Å². The van der Waals surface area contributed by atoms with E-state index in [0.29, 0.717) is 102 Å². The van der Waals surface area contributed by atoms with Crippen LogP contribution in [-0.4, -0.2) is 62.8 Å². The Hall–Kier alpha value is -6.37. The first kappa shape index (κ1) is 63.5. The van der Waals surface area contributed by atoms with Gasteiger partial charge in [0.05, 0.1) is 10.8 Å². The summed E-state index contributed by atoms with van der Waals surface area (Å²) in [5.74, 6) is 1.94. The van der Waals surface area contributed by atoms with E-state index in [9.17, 15) is 31.6 Å². The van der Waals surface area contributed by atoms with Crippen molar-refractivity contribution in [2.45, 2.75) is 171 Å². The van der Waals surface area contributed by atoms with Crippen molar-refractivity contribution in [1.82, 2.24) is 30.9 Å². The molecule has 1 aliphatic heterocycles. The number of nitrogens with zero attached hydrogens (tertiary/aromatic N) is 9. The molecular formula is C57H72F6N10O5Sn. The zero-order valence-corrected chi connectivity index (χ0v) is 49.8. The number of benzene rings is 4. The Morgan fingerprint density at radius 2 is 1.11 bits per heavy atom. The molecule has 1 saturated heterocycles. The Morgan fingerprint density at radius 3 is 1.44 bits per heavy atom. The van der Waals surface area contributed by atoms with Crippen molar-refractivity contribution in [3.05, 3.63) is 133 Å². The van der Waals surface area contributed by atoms with Gasteiger partial charge in [-0.3, -0.25) is 0 Å². The molecule has 3 aromatic heterocycles. The number of tetrazole rings is 1. The molecule has 2 atom stereocenters. The van der Waals surface area contributed by atoms with Crippen LogP contribution in [-0.2, 0) is 42.8 Å². The van der Waals surface area contributed by atoms with E-state index < -0.39 is 54.6 Å². The van der Waals surface area contributed by atoms with Crippen LogP contribution in [0.3, 0.4) is 0 Å². The number of azide groups is 1. The number of nitriles is 1. The maximum absolute atomic E-state index is 13.6. The molecule has 0 saturated carbocycles. The summed E-state index contributed by atoms with van der Waals surface area (Å²) in [6.45, 7) is 18.2. The Kier molecular flexibility index (Phi) is 23.5. The van der Waals surface area contributed by atoms with E-state index in [2.05, 4.69) is 87.8 Å². The number of H-pyrrole nitrogens is 1. The number of aromatic amines is 1. The molecule has 0 spiro atoms. The molecule has 0 aliphatic carbocycles. The molecular weight excluding hydrogens is 1140 g/mol. The van der Waals surface area contributed by atoms with Crippen LogP contribution in [0.2, 0.25) is 14.8 Å². The Balaban J connectivity index is 0.000000240. The van der Waals surface area contributed by atoms with Crippen molar-refractivity contribution < 1.29 is 49.6 Å². The van der Waals surface area contributed by atoms with Gasteiger partial charge in [-0.2, -0.15) is 36.8 Å². The summed E-state index contributed by atoms with van der Waals surface area (Å²) in [5.41, 5.74) is 12.2. The maximum atomic E-state index is 13.6. The van der Waals surface area contributed by atoms with Crippen LogP contribution in [0.1, 0.15) is 180 Å². The third kappa shape index (κ3) is 17.3. The molecule has 0 bridgehead atoms. The third-order valence-electron chi connectivity index (χ3n) is 12.5. The van der Waals surface area contributed by atoms with Crippen molar-refractivity contribution in [2.75, 3.05) is 13.2 Å². The standard InChI is InChI=1S/C25H28F3N5O2.C25H27F3N2O2.C4H8O.3CH3.N3.Sn/c1-5-7-17-13-19-22(35-31-23(19)25(26,27)28)18(8-6-2)20(17)34-21(24-29-32-33-30-24)16-11-9-15(10-12-16)14(3)4;1-5-7-18-13-20-23(32-30-24(20)25(26,27)28)19(8-6-2)22(18)31-21(14-29)17-11-9-16(10-12-17)15(3)4;1-2-4-5-3-1;;;;1-3-2;/h9-14,21H,5-8H2,1-4H3,(H,29,30,32,33);9-13,15,21H,5-8H2,1-4H3;1-4H2;3*1H3;;/q;;;;;;-1;+1. The van der Waals surface area contributed by atoms with E-state index in [0.717, 1.165) is 30.8 Å². The third-order valence-corrected chi connectivity index (χ3v) is 14.5. The molecule has 79 heavy (non-hydrogen) atoms. The molecule has 0 radical (unpaired) electrons. The first-order valence-corrected chi connectivity index (χ1v) is 36.7. The Bertz CT molecular complexity index is 3090. The molecule has 8 rings (SSSR count). The van der Waals surface area contributed by atoms with E-state index in [1.165, 1.54) is 30.5 Å². The van der Waals surface area contributed by atoms with Crippen LogP contribution in [0.25, 0.3) is 32.4 Å². The summed E-state index contributed by atoms with van der Waals surface area (Å²) in [6.07, 6.45) is -3.58. The van der Waals surface area contributed by atoms with E-state index in [4.69, 9.17) is 28.8 Å². The van der Waals surface area contributed by atoms with E-state index in [1.807, 2.05) is 76.2 Å². The average molecular weight is 1210 g/mol. The number of hydrogen-bond acceptors (Lipinski definition) is 12. The number of aromatic nitrogens is 6. The molecule has 7 aromatic rings. The quantitative estimate of drug-likeness (QED) is 0.0281. The second-order valence-electron chi connectivity index (χ2n) is 20.7. The van der Waals surface area contributed by atoms with E-state index >= 15 is 0 Å². The molecule has 15 nitrogen and oxygen atoms in total. The van der Waals surface area contributed by atoms with Gasteiger partial charge in [0.15, 0.2) is 28.7 Å². The minimum absolute atomic E-state index is 0.0471. The average Bonchev–Trinajstić information content (AvgIpc) is 4.39. The first-order valence-electron chi connectivity index (χ1n) is 26.8. The van der Waals surface area contributed by atoms with Gasteiger partial charge in [-0.1, -0.05) is 145 Å². The second-order valence-corrected chi connectivity index (χ2v) is 33.7. The first-order chi connectivity index (χ1) is 37.5. The van der Waals surface area contributed by atoms with Gasteiger partial charge in [0, 0.05) is 35.5 Å². The van der Waals surface area contributed by atoms with Crippen LogP contribution in [0.15, 0.2) is 73.0 Å². The van der Waals surface area contributed by atoms with Crippen molar-refractivity contribution in [2.24, 2.45) is 3.34 Å². The molecule has 1 N–H and O–H groups in total. The van der Waals surface area contributed by atoms with Gasteiger partial charge in [0.2, 0.25) is 11.9 Å². The summed E-state index contributed by atoms with van der Waals surface area (Å²) in [6, 6.07) is 20.7. The summed E-state index contributed by atoms with van der Waals surface area (Å²) >= 11 is -2.07. The van der Waals surface area contributed by atoms with Gasteiger partial charge in [-0.05, 0) is 84.7 Å². The van der Waals surface area contributed by atoms with Gasteiger partial charge in [-0.25, -0.2) is 0 Å². The number of ether oxygens (including phenoxy) is 3. The van der Waals surface area contributed by atoms with Gasteiger partial charge >= 0.3 is 59.6 Å². The van der Waals surface area contributed by atoms with Crippen molar-refractivity contribution >= 4 is 40.6 Å². The molecule has 2 unspecified atom stereocenters. The van der Waals surface area contributed by atoms with Crippen LogP contribution < -0.4 is 9.47 Å². The predicted molar refractivity (Wildman–Crippen MR) is 293 cm³/mol. The monoisotopic (exact) mass is 1210 g/mol. The van der Waals surface area contributed by atoms with Crippen LogP contribution in [0.5, 0.6) is 11.5 Å². The number of alkyl halides is 6. The summed E-state index contributed by atoms with van der Waals surface area (Å²) in [4.78, 5) is 8.92. The summed E-state index contributed by atoms with van der Waals surface area (Å²) in [7, 11) is 0. The number of nitrogens with one attached hydrogen (secondary N) is 1. The van der Waals surface area contributed by atoms with Gasteiger partial charge < -0.3 is 23.3 Å². The number of fused-ring (bicyclic) bond motifs is 2. The zero-order valence-electron chi connectivity index (χ0n) is 46.9. The van der Waals surface area contributed by atoms with Gasteiger partial charge in [0.25, 0.3) is 0 Å². The molecule has 4 heterocycles. The van der Waals surface area contributed by atoms with Crippen molar-refractivity contribution in [3.63, 3.8) is 0 Å². The number of hydrogen-bond donors (Lipinski definition) is 1. The minimum atomic E-state index is -4.62. The van der Waals surface area contributed by atoms with E-state index in [1.54, 1.807) is 0 Å². The molecule has 4 aromatic carbocycles. The Morgan fingerprint density at radius 1 is 0.684 bits per heavy atom. The fourth-order valence-electron chi connectivity index (χ4n) is 8.65. The van der Waals surface area contributed by atoms with Crippen LogP contribution in [0.4, 0.5) is 26.3 Å². The molecule has 426 valence electrons. The van der Waals surface area contributed by atoms with Crippen LogP contribution >= 0.6 is 0 Å². The summed E-state index contributed by atoms with van der Waals surface area (Å²) in [5, 5.41) is 30.8.